The molecule has 0 aromatic heterocycles. The van der Waals surface area contributed by atoms with Gasteiger partial charge in [-0.15, -0.1) is 0 Å². The molecule has 0 heterocycles. The van der Waals surface area contributed by atoms with Gasteiger partial charge in [-0.2, -0.15) is 0 Å². The molecule has 0 aromatic rings. The van der Waals surface area contributed by atoms with Crippen molar-refractivity contribution >= 4 is 6.29 Å². The van der Waals surface area contributed by atoms with E-state index in [4.69, 9.17) is 15.0 Å². The number of unbranched alkanes of at least 4 members (excludes halogenated alkanes) is 1. The van der Waals surface area contributed by atoms with Crippen LogP contribution in [0.4, 0.5) is 0 Å². The van der Waals surface area contributed by atoms with E-state index in [0.717, 1.165) is 26.2 Å². The summed E-state index contributed by atoms with van der Waals surface area (Å²) in [5.41, 5.74) is 0. The Bertz CT molecular complexity index is 35.8. The van der Waals surface area contributed by atoms with Crippen molar-refractivity contribution in [2.24, 2.45) is 0 Å². The molecule has 0 aliphatic carbocycles. The average molecular weight is 150 g/mol. The van der Waals surface area contributed by atoms with Gasteiger partial charge in [0.15, 0.2) is 0 Å². The molecule has 10 heavy (non-hydrogen) atoms. The van der Waals surface area contributed by atoms with E-state index in [1.807, 2.05) is 0 Å². The number of hydrogen-bond donors (Lipinski definition) is 2. The van der Waals surface area contributed by atoms with Crippen LogP contribution in [-0.4, -0.2) is 30.2 Å². The first-order valence-electron chi connectivity index (χ1n) is 3.28. The second-order valence-electron chi connectivity index (χ2n) is 1.31. The molecular weight excluding hydrogens is 132 g/mol. The predicted octanol–water partition coefficient (Wildman–Crippen LogP) is 0.593. The topological polar surface area (TPSA) is 57.5 Å². The lowest BCUT2D eigenvalue weighted by atomic mass is 10.4. The summed E-state index contributed by atoms with van der Waals surface area (Å²) >= 11 is 0. The van der Waals surface area contributed by atoms with Gasteiger partial charge in [-0.3, -0.25) is 0 Å². The van der Waals surface area contributed by atoms with Crippen molar-refractivity contribution in [2.45, 2.75) is 26.7 Å². The normalized spacial score (nSPS) is 6.10. The molecule has 0 aliphatic heterocycles. The van der Waals surface area contributed by atoms with E-state index in [1.165, 1.54) is 6.92 Å². The lowest BCUT2D eigenvalue weighted by molar-refractivity contribution is -0.106. The molecule has 0 bridgehead atoms. The quantitative estimate of drug-likeness (QED) is 0.566. The van der Waals surface area contributed by atoms with Crippen LogP contribution in [0.5, 0.6) is 0 Å². The molecule has 0 spiro atoms. The van der Waals surface area contributed by atoms with E-state index in [2.05, 4.69) is 6.92 Å². The number of aldehydes is 1. The number of aliphatic hydroxyl groups is 2. The van der Waals surface area contributed by atoms with Crippen molar-refractivity contribution in [3.8, 4) is 0 Å². The van der Waals surface area contributed by atoms with Gasteiger partial charge >= 0.3 is 0 Å². The maximum atomic E-state index is 8.81. The Balaban J connectivity index is -0.0000000847. The number of rotatable bonds is 2. The fraction of sp³-hybridized carbons (Fsp3) is 0.857. The number of hydrogen-bond acceptors (Lipinski definition) is 3. The number of carbonyl (C=O) groups is 1. The van der Waals surface area contributed by atoms with Gasteiger partial charge in [0.1, 0.15) is 6.29 Å². The van der Waals surface area contributed by atoms with E-state index in [9.17, 15) is 0 Å². The van der Waals surface area contributed by atoms with Gasteiger partial charge in [0, 0.05) is 13.7 Å². The van der Waals surface area contributed by atoms with Gasteiger partial charge in [-0.25, -0.2) is 0 Å². The fourth-order valence-corrected chi connectivity index (χ4v) is 0.158. The molecule has 64 valence electrons. The summed E-state index contributed by atoms with van der Waals surface area (Å²) in [6, 6.07) is 0. The van der Waals surface area contributed by atoms with Crippen LogP contribution < -0.4 is 0 Å². The lowest BCUT2D eigenvalue weighted by Crippen LogP contribution is -1.75. The van der Waals surface area contributed by atoms with Crippen molar-refractivity contribution < 1.29 is 15.0 Å². The Morgan fingerprint density at radius 1 is 1.40 bits per heavy atom. The van der Waals surface area contributed by atoms with Crippen LogP contribution in [0.2, 0.25) is 0 Å². The summed E-state index contributed by atoms with van der Waals surface area (Å²) < 4.78 is 0. The predicted molar refractivity (Wildman–Crippen MR) is 41.9 cm³/mol. The van der Waals surface area contributed by atoms with Crippen molar-refractivity contribution in [1.82, 2.24) is 0 Å². The van der Waals surface area contributed by atoms with E-state index in [1.54, 1.807) is 0 Å². The second kappa shape index (κ2) is 38.4. The Hall–Kier alpha value is -0.410. The summed E-state index contributed by atoms with van der Waals surface area (Å²) in [7, 11) is 1.00. The molecule has 3 heteroatoms. The summed E-state index contributed by atoms with van der Waals surface area (Å²) in [6.45, 7) is 3.84. The molecule has 0 atom stereocenters. The van der Waals surface area contributed by atoms with Gasteiger partial charge < -0.3 is 15.0 Å². The molecule has 0 aromatic carbocycles. The van der Waals surface area contributed by atoms with Gasteiger partial charge in [0.25, 0.3) is 0 Å². The van der Waals surface area contributed by atoms with Gasteiger partial charge in [0.2, 0.25) is 0 Å². The van der Waals surface area contributed by atoms with E-state index < -0.39 is 0 Å². The maximum Gasteiger partial charge on any atom is 0.116 e. The SMILES string of the molecule is CC=O.CCCCO.CO. The molecule has 0 saturated carbocycles. The minimum atomic E-state index is 0.344. The zero-order valence-corrected chi connectivity index (χ0v) is 7.00. The zero-order chi connectivity index (χ0) is 8.83. The van der Waals surface area contributed by atoms with Gasteiger partial charge in [-0.1, -0.05) is 13.3 Å². The standard InChI is InChI=1S/C4H10O.C2H4O.CH4O/c1-2-3-4-5;1-2-3;1-2/h5H,2-4H2,1H3;2H,1H3;2H,1H3. The zero-order valence-electron chi connectivity index (χ0n) is 7.00. The van der Waals surface area contributed by atoms with Gasteiger partial charge in [0.05, 0.1) is 0 Å². The molecular formula is C7H18O3. The summed E-state index contributed by atoms with van der Waals surface area (Å²) in [6.07, 6.45) is 2.79. The first-order valence-corrected chi connectivity index (χ1v) is 3.28. The van der Waals surface area contributed by atoms with Crippen molar-refractivity contribution in [3.63, 3.8) is 0 Å². The van der Waals surface area contributed by atoms with Gasteiger partial charge in [-0.05, 0) is 13.3 Å². The highest BCUT2D eigenvalue weighted by atomic mass is 16.3. The molecule has 0 rings (SSSR count). The smallest absolute Gasteiger partial charge is 0.116 e. The third-order valence-electron chi connectivity index (χ3n) is 0.512. The molecule has 0 saturated heterocycles. The van der Waals surface area contributed by atoms with Crippen LogP contribution in [0.25, 0.3) is 0 Å². The highest BCUT2D eigenvalue weighted by Crippen LogP contribution is 1.78. The molecule has 0 fully saturated rings. The minimum Gasteiger partial charge on any atom is -0.400 e. The largest absolute Gasteiger partial charge is 0.400 e. The van der Waals surface area contributed by atoms with Crippen LogP contribution in [0.1, 0.15) is 26.7 Å². The van der Waals surface area contributed by atoms with E-state index in [-0.39, 0.29) is 0 Å². The maximum absolute atomic E-state index is 8.81. The van der Waals surface area contributed by atoms with Crippen LogP contribution in [0.15, 0.2) is 0 Å². The number of carbonyl (C=O) groups excluding carboxylic acids is 1. The minimum absolute atomic E-state index is 0.344. The van der Waals surface area contributed by atoms with Crippen LogP contribution >= 0.6 is 0 Å². The molecule has 0 radical (unpaired) electrons. The summed E-state index contributed by atoms with van der Waals surface area (Å²) in [5, 5.41) is 15.1. The first kappa shape index (κ1) is 16.3. The molecule has 0 unspecified atom stereocenters. The highest BCUT2D eigenvalue weighted by Gasteiger charge is 1.69. The fourth-order valence-electron chi connectivity index (χ4n) is 0.158. The molecule has 0 aliphatic rings. The lowest BCUT2D eigenvalue weighted by Gasteiger charge is -1.79. The third kappa shape index (κ3) is 130. The Kier molecular flexibility index (Phi) is 62.6. The second-order valence-corrected chi connectivity index (χ2v) is 1.31. The van der Waals surface area contributed by atoms with Crippen molar-refractivity contribution in [1.29, 1.82) is 0 Å². The first-order chi connectivity index (χ1) is 4.83. The highest BCUT2D eigenvalue weighted by molar-refractivity contribution is 5.44. The summed E-state index contributed by atoms with van der Waals surface area (Å²) in [5.74, 6) is 0. The van der Waals surface area contributed by atoms with Crippen LogP contribution in [0.3, 0.4) is 0 Å². The monoisotopic (exact) mass is 150 g/mol. The van der Waals surface area contributed by atoms with Crippen molar-refractivity contribution in [3.05, 3.63) is 0 Å². The Labute approximate surface area is 62.7 Å². The number of aliphatic hydroxyl groups excluding tert-OH is 2. The van der Waals surface area contributed by atoms with Crippen LogP contribution in [0, 0.1) is 0 Å². The van der Waals surface area contributed by atoms with E-state index >= 15 is 0 Å². The molecule has 0 amide bonds. The average Bonchev–Trinajstić information content (AvgIpc) is 1.96. The van der Waals surface area contributed by atoms with E-state index in [0.29, 0.717) is 6.61 Å². The Morgan fingerprint density at radius 2 is 1.70 bits per heavy atom. The molecule has 2 N–H and O–H groups in total. The molecule has 3 nitrogen and oxygen atoms in total. The third-order valence-corrected chi connectivity index (χ3v) is 0.512. The Morgan fingerprint density at radius 3 is 1.70 bits per heavy atom. The van der Waals surface area contributed by atoms with Crippen LogP contribution in [-0.2, 0) is 4.79 Å². The summed E-state index contributed by atoms with van der Waals surface area (Å²) in [4.78, 5) is 8.81. The van der Waals surface area contributed by atoms with Crippen molar-refractivity contribution in [2.75, 3.05) is 13.7 Å².